The van der Waals surface area contributed by atoms with Gasteiger partial charge in [0.05, 0.1) is 22.2 Å². The first kappa shape index (κ1) is 19.7. The molecule has 1 saturated heterocycles. The minimum absolute atomic E-state index is 0.0739. The number of nitriles is 1. The Balaban J connectivity index is 2.07. The summed E-state index contributed by atoms with van der Waals surface area (Å²) in [5.41, 5.74) is -0.280. The number of carbonyl (C=O) groups is 3. The van der Waals surface area contributed by atoms with Crippen molar-refractivity contribution in [2.45, 2.75) is 45.3 Å². The van der Waals surface area contributed by atoms with E-state index in [4.69, 9.17) is 21.6 Å². The van der Waals surface area contributed by atoms with Crippen LogP contribution in [0.3, 0.4) is 0 Å². The van der Waals surface area contributed by atoms with Gasteiger partial charge in [-0.1, -0.05) is 11.6 Å². The molecule has 0 aliphatic carbocycles. The number of amides is 3. The Morgan fingerprint density at radius 3 is 2.62 bits per heavy atom. The van der Waals surface area contributed by atoms with Crippen LogP contribution in [0.15, 0.2) is 18.2 Å². The van der Waals surface area contributed by atoms with Crippen LogP contribution in [0.2, 0.25) is 5.02 Å². The highest BCUT2D eigenvalue weighted by molar-refractivity contribution is 6.34. The normalized spacial score (nSPS) is 16.7. The van der Waals surface area contributed by atoms with Crippen molar-refractivity contribution < 1.29 is 19.1 Å². The van der Waals surface area contributed by atoms with Gasteiger partial charge in [-0.05, 0) is 51.8 Å². The number of hydrogen-bond donors (Lipinski definition) is 1. The Morgan fingerprint density at radius 1 is 1.35 bits per heavy atom. The summed E-state index contributed by atoms with van der Waals surface area (Å²) in [4.78, 5) is 38.3. The van der Waals surface area contributed by atoms with Crippen LogP contribution in [-0.2, 0) is 9.53 Å². The number of benzene rings is 1. The number of halogens is 1. The Labute approximate surface area is 156 Å². The standard InChI is InChI=1S/C18H20ClN3O4/c1-18(2,3)26-17(25)22-8-4-5-14(22)16(24)21-15(23)12-7-6-11(10-20)9-13(12)19/h6-7,9,14H,4-5,8H2,1-3H3,(H,21,23,24)/t14-/m0/s1. The van der Waals surface area contributed by atoms with Gasteiger partial charge >= 0.3 is 6.09 Å². The first-order chi connectivity index (χ1) is 12.1. The highest BCUT2D eigenvalue weighted by Crippen LogP contribution is 2.22. The maximum Gasteiger partial charge on any atom is 0.410 e. The molecule has 8 heteroatoms. The van der Waals surface area contributed by atoms with Gasteiger partial charge in [0, 0.05) is 6.54 Å². The van der Waals surface area contributed by atoms with E-state index in [2.05, 4.69) is 5.32 Å². The molecule has 0 aromatic heterocycles. The molecule has 138 valence electrons. The van der Waals surface area contributed by atoms with Crippen LogP contribution in [0.5, 0.6) is 0 Å². The lowest BCUT2D eigenvalue weighted by Gasteiger charge is -2.27. The van der Waals surface area contributed by atoms with Crippen molar-refractivity contribution in [1.82, 2.24) is 10.2 Å². The predicted octanol–water partition coefficient (Wildman–Crippen LogP) is 2.87. The molecule has 0 unspecified atom stereocenters. The lowest BCUT2D eigenvalue weighted by atomic mass is 10.1. The van der Waals surface area contributed by atoms with Crippen LogP contribution in [-0.4, -0.2) is 41.0 Å². The van der Waals surface area contributed by atoms with Crippen LogP contribution < -0.4 is 5.32 Å². The van der Waals surface area contributed by atoms with Gasteiger partial charge in [-0.25, -0.2) is 4.79 Å². The van der Waals surface area contributed by atoms with E-state index in [1.165, 1.54) is 23.1 Å². The molecule has 1 aliphatic heterocycles. The molecule has 1 heterocycles. The smallest absolute Gasteiger partial charge is 0.410 e. The Morgan fingerprint density at radius 2 is 2.04 bits per heavy atom. The first-order valence-corrected chi connectivity index (χ1v) is 8.54. The maximum atomic E-state index is 12.5. The lowest BCUT2D eigenvalue weighted by Crippen LogP contribution is -2.48. The molecule has 1 aliphatic rings. The van der Waals surface area contributed by atoms with Crippen molar-refractivity contribution in [2.75, 3.05) is 6.54 Å². The van der Waals surface area contributed by atoms with Crippen LogP contribution >= 0.6 is 11.6 Å². The molecule has 0 bridgehead atoms. The van der Waals surface area contributed by atoms with E-state index in [-0.39, 0.29) is 10.6 Å². The summed E-state index contributed by atoms with van der Waals surface area (Å²) < 4.78 is 5.31. The number of hydrogen-bond acceptors (Lipinski definition) is 5. The molecule has 0 saturated carbocycles. The molecule has 1 atom stereocenters. The van der Waals surface area contributed by atoms with Gasteiger partial charge in [0.25, 0.3) is 5.91 Å². The number of rotatable bonds is 2. The van der Waals surface area contributed by atoms with Crippen molar-refractivity contribution >= 4 is 29.5 Å². The van der Waals surface area contributed by atoms with Gasteiger partial charge in [0.15, 0.2) is 0 Å². The van der Waals surface area contributed by atoms with Crippen LogP contribution in [0.1, 0.15) is 49.5 Å². The van der Waals surface area contributed by atoms with E-state index < -0.39 is 29.6 Å². The summed E-state index contributed by atoms with van der Waals surface area (Å²) in [5, 5.41) is 11.2. The number of imide groups is 1. The number of carbonyl (C=O) groups excluding carboxylic acids is 3. The minimum Gasteiger partial charge on any atom is -0.444 e. The molecule has 1 fully saturated rings. The zero-order chi connectivity index (χ0) is 19.5. The van der Waals surface area contributed by atoms with E-state index in [9.17, 15) is 14.4 Å². The lowest BCUT2D eigenvalue weighted by molar-refractivity contribution is -0.124. The third kappa shape index (κ3) is 4.73. The Bertz CT molecular complexity index is 780. The van der Waals surface area contributed by atoms with Gasteiger partial charge < -0.3 is 4.74 Å². The summed E-state index contributed by atoms with van der Waals surface area (Å²) >= 11 is 5.99. The number of nitrogens with zero attached hydrogens (tertiary/aromatic N) is 2. The van der Waals surface area contributed by atoms with E-state index >= 15 is 0 Å². The molecule has 1 N–H and O–H groups in total. The van der Waals surface area contributed by atoms with E-state index in [1.54, 1.807) is 20.8 Å². The largest absolute Gasteiger partial charge is 0.444 e. The van der Waals surface area contributed by atoms with E-state index in [0.717, 1.165) is 0 Å². The fourth-order valence-corrected chi connectivity index (χ4v) is 2.88. The summed E-state index contributed by atoms with van der Waals surface area (Å²) in [6.07, 6.45) is 0.502. The summed E-state index contributed by atoms with van der Waals surface area (Å²) in [7, 11) is 0. The van der Waals surface area contributed by atoms with Gasteiger partial charge in [0.1, 0.15) is 11.6 Å². The van der Waals surface area contributed by atoms with Crippen LogP contribution in [0.4, 0.5) is 4.79 Å². The zero-order valence-corrected chi connectivity index (χ0v) is 15.6. The fourth-order valence-electron chi connectivity index (χ4n) is 2.61. The third-order valence-corrected chi connectivity index (χ3v) is 4.08. The summed E-state index contributed by atoms with van der Waals surface area (Å²) in [5.74, 6) is -1.26. The van der Waals surface area contributed by atoms with E-state index in [0.29, 0.717) is 24.9 Å². The van der Waals surface area contributed by atoms with Gasteiger partial charge in [-0.2, -0.15) is 5.26 Å². The first-order valence-electron chi connectivity index (χ1n) is 8.17. The van der Waals surface area contributed by atoms with Gasteiger partial charge in [-0.3, -0.25) is 19.8 Å². The predicted molar refractivity (Wildman–Crippen MR) is 94.6 cm³/mol. The Hall–Kier alpha value is -2.59. The molecule has 0 radical (unpaired) electrons. The SMILES string of the molecule is CC(C)(C)OC(=O)N1CCC[C@H]1C(=O)NC(=O)c1ccc(C#N)cc1Cl. The quantitative estimate of drug-likeness (QED) is 0.799. The minimum atomic E-state index is -0.772. The molecule has 1 aromatic carbocycles. The maximum absolute atomic E-state index is 12.5. The number of ether oxygens (including phenoxy) is 1. The van der Waals surface area contributed by atoms with Crippen molar-refractivity contribution in [1.29, 1.82) is 5.26 Å². The topological polar surface area (TPSA) is 99.5 Å². The summed E-state index contributed by atoms with van der Waals surface area (Å²) in [6.45, 7) is 5.62. The molecule has 0 spiro atoms. The monoisotopic (exact) mass is 377 g/mol. The van der Waals surface area contributed by atoms with Gasteiger partial charge in [0.2, 0.25) is 5.91 Å². The van der Waals surface area contributed by atoms with Crippen molar-refractivity contribution in [3.8, 4) is 6.07 Å². The molecular formula is C18H20ClN3O4. The molecule has 26 heavy (non-hydrogen) atoms. The van der Waals surface area contributed by atoms with Crippen molar-refractivity contribution in [3.63, 3.8) is 0 Å². The second-order valence-electron chi connectivity index (χ2n) is 6.96. The molecule has 7 nitrogen and oxygen atoms in total. The van der Waals surface area contributed by atoms with Crippen LogP contribution in [0, 0.1) is 11.3 Å². The molecule has 1 aromatic rings. The highest BCUT2D eigenvalue weighted by Gasteiger charge is 2.37. The van der Waals surface area contributed by atoms with E-state index in [1.807, 2.05) is 6.07 Å². The number of nitrogens with one attached hydrogen (secondary N) is 1. The van der Waals surface area contributed by atoms with Crippen LogP contribution in [0.25, 0.3) is 0 Å². The second-order valence-corrected chi connectivity index (χ2v) is 7.36. The molecule has 2 rings (SSSR count). The fraction of sp³-hybridized carbons (Fsp3) is 0.444. The zero-order valence-electron chi connectivity index (χ0n) is 14.8. The average Bonchev–Trinajstić information content (AvgIpc) is 3.02. The molecule has 3 amide bonds. The molecular weight excluding hydrogens is 358 g/mol. The van der Waals surface area contributed by atoms with Crippen molar-refractivity contribution in [2.24, 2.45) is 0 Å². The number of likely N-dealkylation sites (tertiary alicyclic amines) is 1. The van der Waals surface area contributed by atoms with Crippen molar-refractivity contribution in [3.05, 3.63) is 34.3 Å². The van der Waals surface area contributed by atoms with Gasteiger partial charge in [-0.15, -0.1) is 0 Å². The highest BCUT2D eigenvalue weighted by atomic mass is 35.5. The summed E-state index contributed by atoms with van der Waals surface area (Å²) in [6, 6.07) is 5.31. The Kier molecular flexibility index (Phi) is 5.88. The second kappa shape index (κ2) is 7.75. The third-order valence-electron chi connectivity index (χ3n) is 3.76. The average molecular weight is 378 g/mol.